The normalized spacial score (nSPS) is 11.4. The van der Waals surface area contributed by atoms with Crippen molar-refractivity contribution < 1.29 is 4.79 Å². The second kappa shape index (κ2) is 6.83. The molecule has 0 bridgehead atoms. The van der Waals surface area contributed by atoms with Crippen LogP contribution >= 0.6 is 0 Å². The van der Waals surface area contributed by atoms with Gasteiger partial charge < -0.3 is 0 Å². The van der Waals surface area contributed by atoms with Crippen molar-refractivity contribution in [3.63, 3.8) is 0 Å². The van der Waals surface area contributed by atoms with Crippen LogP contribution in [0.2, 0.25) is 0 Å². The number of fused-ring (bicyclic) bond motifs is 1. The first-order valence-electron chi connectivity index (χ1n) is 6.77. The van der Waals surface area contributed by atoms with E-state index in [1.807, 2.05) is 31.2 Å². The van der Waals surface area contributed by atoms with Crippen LogP contribution in [0.15, 0.2) is 36.4 Å². The maximum atomic E-state index is 12.1. The van der Waals surface area contributed by atoms with Crippen LogP contribution in [-0.4, -0.2) is 20.9 Å². The highest BCUT2D eigenvalue weighted by Crippen LogP contribution is 2.12. The smallest absolute Gasteiger partial charge is 0.248 e. The molecule has 0 atom stereocenters. The summed E-state index contributed by atoms with van der Waals surface area (Å²) in [6.45, 7) is 2.03. The third-order valence-corrected chi connectivity index (χ3v) is 3.09. The first kappa shape index (κ1) is 13.5. The zero-order valence-corrected chi connectivity index (χ0v) is 11.2. The fourth-order valence-corrected chi connectivity index (χ4v) is 2.04. The number of para-hydroxylation sites is 1. The Morgan fingerprint density at radius 3 is 2.95 bits per heavy atom. The van der Waals surface area contributed by atoms with Crippen molar-refractivity contribution >= 4 is 16.9 Å². The number of nitrogens with zero attached hydrogens (tertiary/aromatic N) is 3. The van der Waals surface area contributed by atoms with E-state index in [1.165, 1.54) is 4.68 Å². The quantitative estimate of drug-likeness (QED) is 0.587. The Hall–Kier alpha value is -1.97. The first-order valence-corrected chi connectivity index (χ1v) is 6.77. The monoisotopic (exact) mass is 257 g/mol. The topological polar surface area (TPSA) is 47.8 Å². The molecule has 4 nitrogen and oxygen atoms in total. The molecule has 19 heavy (non-hydrogen) atoms. The van der Waals surface area contributed by atoms with Crippen LogP contribution in [0.25, 0.3) is 11.0 Å². The Kier molecular flexibility index (Phi) is 4.84. The number of carbonyl (C=O) groups excluding carboxylic acids is 1. The van der Waals surface area contributed by atoms with Gasteiger partial charge in [0.2, 0.25) is 5.91 Å². The number of allylic oxidation sites excluding steroid dienone is 2. The molecule has 0 radical (unpaired) electrons. The molecule has 0 spiro atoms. The van der Waals surface area contributed by atoms with Gasteiger partial charge >= 0.3 is 0 Å². The summed E-state index contributed by atoms with van der Waals surface area (Å²) in [6.07, 6.45) is 8.96. The van der Waals surface area contributed by atoms with Crippen molar-refractivity contribution in [2.45, 2.75) is 39.0 Å². The molecule has 0 unspecified atom stereocenters. The van der Waals surface area contributed by atoms with Gasteiger partial charge in [0.1, 0.15) is 5.52 Å². The molecule has 100 valence electrons. The fourth-order valence-electron chi connectivity index (χ4n) is 2.04. The number of rotatable bonds is 6. The number of unbranched alkanes of at least 4 members (excludes halogenated alkanes) is 3. The highest BCUT2D eigenvalue weighted by atomic mass is 16.2. The summed E-state index contributed by atoms with van der Waals surface area (Å²) in [5, 5.41) is 7.92. The molecular formula is C15H19N3O. The standard InChI is InChI=1S/C15H19N3O/c1-2-3-4-5-6-7-12-15(19)18-14-11-9-8-10-13(14)16-17-18/h2-3,8-11H,4-7,12H2,1H3/b3-2+. The molecule has 0 aliphatic rings. The lowest BCUT2D eigenvalue weighted by Crippen LogP contribution is -2.12. The van der Waals surface area contributed by atoms with Gasteiger partial charge in [0.25, 0.3) is 0 Å². The Labute approximate surface area is 113 Å². The fraction of sp³-hybridized carbons (Fsp3) is 0.400. The predicted molar refractivity (Wildman–Crippen MR) is 76.1 cm³/mol. The van der Waals surface area contributed by atoms with Crippen molar-refractivity contribution in [1.82, 2.24) is 15.0 Å². The van der Waals surface area contributed by atoms with E-state index in [0.717, 1.165) is 36.7 Å². The SMILES string of the molecule is C/C=C/CCCCCC(=O)n1nnc2ccccc21. The molecular weight excluding hydrogens is 238 g/mol. The van der Waals surface area contributed by atoms with Crippen molar-refractivity contribution in [1.29, 1.82) is 0 Å². The number of aromatic nitrogens is 3. The summed E-state index contributed by atoms with van der Waals surface area (Å²) in [6, 6.07) is 7.53. The van der Waals surface area contributed by atoms with Gasteiger partial charge in [-0.25, -0.2) is 0 Å². The van der Waals surface area contributed by atoms with Crippen LogP contribution in [0.3, 0.4) is 0 Å². The van der Waals surface area contributed by atoms with E-state index >= 15 is 0 Å². The van der Waals surface area contributed by atoms with Crippen molar-refractivity contribution in [2.24, 2.45) is 0 Å². The number of carbonyl (C=O) groups is 1. The Balaban J connectivity index is 1.86. The predicted octanol–water partition coefficient (Wildman–Crippen LogP) is 3.60. The van der Waals surface area contributed by atoms with E-state index in [9.17, 15) is 4.79 Å². The van der Waals surface area contributed by atoms with Crippen LogP contribution in [0.1, 0.15) is 43.8 Å². The average Bonchev–Trinajstić information content (AvgIpc) is 2.86. The van der Waals surface area contributed by atoms with Gasteiger partial charge in [0, 0.05) is 6.42 Å². The van der Waals surface area contributed by atoms with E-state index in [0.29, 0.717) is 6.42 Å². The van der Waals surface area contributed by atoms with E-state index in [2.05, 4.69) is 22.5 Å². The summed E-state index contributed by atoms with van der Waals surface area (Å²) >= 11 is 0. The molecule has 0 fully saturated rings. The number of hydrogen-bond donors (Lipinski definition) is 0. The van der Waals surface area contributed by atoms with Gasteiger partial charge in [-0.1, -0.05) is 35.9 Å². The zero-order chi connectivity index (χ0) is 13.5. The maximum Gasteiger partial charge on any atom is 0.248 e. The second-order valence-electron chi connectivity index (χ2n) is 4.55. The van der Waals surface area contributed by atoms with Crippen molar-refractivity contribution in [3.8, 4) is 0 Å². The highest BCUT2D eigenvalue weighted by Gasteiger charge is 2.10. The Morgan fingerprint density at radius 2 is 2.11 bits per heavy atom. The summed E-state index contributed by atoms with van der Waals surface area (Å²) in [7, 11) is 0. The van der Waals surface area contributed by atoms with Crippen LogP contribution in [-0.2, 0) is 0 Å². The molecule has 0 saturated heterocycles. The van der Waals surface area contributed by atoms with E-state index in [-0.39, 0.29) is 5.91 Å². The maximum absolute atomic E-state index is 12.1. The van der Waals surface area contributed by atoms with Gasteiger partial charge in [0.05, 0.1) is 5.52 Å². The molecule has 2 rings (SSSR count). The van der Waals surface area contributed by atoms with Crippen LogP contribution in [0.4, 0.5) is 0 Å². The molecule has 0 amide bonds. The molecule has 1 heterocycles. The minimum Gasteiger partial charge on any atom is -0.273 e. The Bertz CT molecular complexity index is 572. The first-order chi connectivity index (χ1) is 9.33. The zero-order valence-electron chi connectivity index (χ0n) is 11.2. The van der Waals surface area contributed by atoms with Crippen LogP contribution < -0.4 is 0 Å². The summed E-state index contributed by atoms with van der Waals surface area (Å²) in [5.74, 6) is 0.0275. The molecule has 0 aliphatic heterocycles. The molecule has 0 saturated carbocycles. The highest BCUT2D eigenvalue weighted by molar-refractivity contribution is 5.88. The minimum absolute atomic E-state index is 0.0275. The molecule has 1 aromatic heterocycles. The second-order valence-corrected chi connectivity index (χ2v) is 4.55. The van der Waals surface area contributed by atoms with Crippen LogP contribution in [0.5, 0.6) is 0 Å². The third kappa shape index (κ3) is 3.50. The van der Waals surface area contributed by atoms with E-state index in [1.54, 1.807) is 0 Å². The lowest BCUT2D eigenvalue weighted by Gasteiger charge is -2.01. The van der Waals surface area contributed by atoms with Crippen molar-refractivity contribution in [3.05, 3.63) is 36.4 Å². The summed E-state index contributed by atoms with van der Waals surface area (Å²) < 4.78 is 1.42. The van der Waals surface area contributed by atoms with Gasteiger partial charge in [-0.3, -0.25) is 4.79 Å². The number of benzene rings is 1. The lowest BCUT2D eigenvalue weighted by molar-refractivity contribution is 0.0886. The lowest BCUT2D eigenvalue weighted by atomic mass is 10.1. The van der Waals surface area contributed by atoms with E-state index < -0.39 is 0 Å². The molecule has 0 N–H and O–H groups in total. The summed E-state index contributed by atoms with van der Waals surface area (Å²) in [5.41, 5.74) is 1.56. The van der Waals surface area contributed by atoms with Crippen molar-refractivity contribution in [2.75, 3.05) is 0 Å². The van der Waals surface area contributed by atoms with Gasteiger partial charge in [0.15, 0.2) is 0 Å². The van der Waals surface area contributed by atoms with E-state index in [4.69, 9.17) is 0 Å². The van der Waals surface area contributed by atoms with Gasteiger partial charge in [-0.05, 0) is 38.3 Å². The molecule has 4 heteroatoms. The summed E-state index contributed by atoms with van der Waals surface area (Å²) in [4.78, 5) is 12.1. The largest absolute Gasteiger partial charge is 0.273 e. The van der Waals surface area contributed by atoms with Crippen LogP contribution in [0, 0.1) is 0 Å². The average molecular weight is 257 g/mol. The van der Waals surface area contributed by atoms with Gasteiger partial charge in [-0.15, -0.1) is 5.10 Å². The molecule has 2 aromatic rings. The third-order valence-electron chi connectivity index (χ3n) is 3.09. The molecule has 0 aliphatic carbocycles. The number of hydrogen-bond acceptors (Lipinski definition) is 3. The van der Waals surface area contributed by atoms with Gasteiger partial charge in [-0.2, -0.15) is 4.68 Å². The molecule has 1 aromatic carbocycles. The Morgan fingerprint density at radius 1 is 1.26 bits per heavy atom. The minimum atomic E-state index is 0.0275.